The first-order valence-corrected chi connectivity index (χ1v) is 10.9. The SMILES string of the molecule is C=CC(N)C(C)(C)CCCCCCCCCCCCCCCCC. The van der Waals surface area contributed by atoms with Gasteiger partial charge in [0.25, 0.3) is 0 Å². The van der Waals surface area contributed by atoms with Crippen LogP contribution in [-0.4, -0.2) is 6.04 Å². The maximum Gasteiger partial charge on any atom is 0.0273 e. The zero-order valence-electron chi connectivity index (χ0n) is 17.3. The van der Waals surface area contributed by atoms with Crippen LogP contribution in [0, 0.1) is 5.41 Å². The molecule has 0 saturated heterocycles. The second-order valence-corrected chi connectivity index (χ2v) is 8.45. The van der Waals surface area contributed by atoms with Gasteiger partial charge in [0.1, 0.15) is 0 Å². The summed E-state index contributed by atoms with van der Waals surface area (Å²) in [5.41, 5.74) is 6.30. The molecule has 1 nitrogen and oxygen atoms in total. The standard InChI is InChI=1S/C23H47N/c1-5-7-8-9-10-11-12-13-14-15-16-17-18-19-20-21-23(3,4)22(24)6-2/h6,22H,2,5,7-21,24H2,1,3-4H3. The van der Waals surface area contributed by atoms with E-state index in [1.807, 2.05) is 6.08 Å². The van der Waals surface area contributed by atoms with Crippen LogP contribution in [-0.2, 0) is 0 Å². The molecule has 0 aromatic heterocycles. The lowest BCUT2D eigenvalue weighted by molar-refractivity contribution is 0.285. The Morgan fingerprint density at radius 3 is 1.38 bits per heavy atom. The summed E-state index contributed by atoms with van der Waals surface area (Å²) in [6.45, 7) is 10.6. The van der Waals surface area contributed by atoms with E-state index in [-0.39, 0.29) is 11.5 Å². The highest BCUT2D eigenvalue weighted by atomic mass is 14.7. The van der Waals surface area contributed by atoms with Crippen molar-refractivity contribution in [1.29, 1.82) is 0 Å². The van der Waals surface area contributed by atoms with Crippen molar-refractivity contribution in [2.45, 2.75) is 130 Å². The molecule has 0 rings (SSSR count). The number of hydrogen-bond donors (Lipinski definition) is 1. The summed E-state index contributed by atoms with van der Waals surface area (Å²) >= 11 is 0. The quantitative estimate of drug-likeness (QED) is 0.200. The van der Waals surface area contributed by atoms with Crippen LogP contribution < -0.4 is 5.73 Å². The largest absolute Gasteiger partial charge is 0.324 e. The molecule has 0 aliphatic carbocycles. The summed E-state index contributed by atoms with van der Waals surface area (Å²) < 4.78 is 0. The molecular formula is C23H47N. The van der Waals surface area contributed by atoms with Crippen LogP contribution in [0.15, 0.2) is 12.7 Å². The number of nitrogens with two attached hydrogens (primary N) is 1. The molecule has 2 N–H and O–H groups in total. The maximum absolute atomic E-state index is 6.09. The van der Waals surface area contributed by atoms with Gasteiger partial charge in [-0.05, 0) is 11.8 Å². The molecule has 0 aromatic rings. The monoisotopic (exact) mass is 337 g/mol. The zero-order chi connectivity index (χ0) is 18.1. The van der Waals surface area contributed by atoms with Gasteiger partial charge in [-0.3, -0.25) is 0 Å². The molecule has 0 heterocycles. The molecule has 0 aliphatic heterocycles. The molecule has 0 aliphatic rings. The molecule has 0 amide bonds. The molecule has 0 spiro atoms. The average molecular weight is 338 g/mol. The molecule has 144 valence electrons. The molecule has 0 fully saturated rings. The van der Waals surface area contributed by atoms with Crippen molar-refractivity contribution < 1.29 is 0 Å². The van der Waals surface area contributed by atoms with Gasteiger partial charge >= 0.3 is 0 Å². The number of hydrogen-bond acceptors (Lipinski definition) is 1. The van der Waals surface area contributed by atoms with Crippen LogP contribution in [0.2, 0.25) is 0 Å². The number of rotatable bonds is 18. The topological polar surface area (TPSA) is 26.0 Å². The summed E-state index contributed by atoms with van der Waals surface area (Å²) in [5, 5.41) is 0. The van der Waals surface area contributed by atoms with E-state index in [1.165, 1.54) is 103 Å². The maximum atomic E-state index is 6.09. The van der Waals surface area contributed by atoms with Crippen LogP contribution >= 0.6 is 0 Å². The highest BCUT2D eigenvalue weighted by Gasteiger charge is 2.23. The third-order valence-corrected chi connectivity index (χ3v) is 5.58. The van der Waals surface area contributed by atoms with E-state index in [1.54, 1.807) is 0 Å². The predicted octanol–water partition coefficient (Wildman–Crippen LogP) is 7.79. The first kappa shape index (κ1) is 23.7. The Morgan fingerprint density at radius 1 is 0.708 bits per heavy atom. The molecule has 0 radical (unpaired) electrons. The lowest BCUT2D eigenvalue weighted by Crippen LogP contribution is -2.35. The third-order valence-electron chi connectivity index (χ3n) is 5.58. The minimum absolute atomic E-state index is 0.129. The highest BCUT2D eigenvalue weighted by molar-refractivity contribution is 4.93. The third kappa shape index (κ3) is 14.1. The minimum Gasteiger partial charge on any atom is -0.324 e. The Hall–Kier alpha value is -0.300. The van der Waals surface area contributed by atoms with Crippen molar-refractivity contribution in [2.75, 3.05) is 0 Å². The van der Waals surface area contributed by atoms with E-state index in [0.717, 1.165) is 0 Å². The molecule has 1 heteroatoms. The average Bonchev–Trinajstić information content (AvgIpc) is 2.57. The second kappa shape index (κ2) is 16.2. The lowest BCUT2D eigenvalue weighted by Gasteiger charge is -2.29. The van der Waals surface area contributed by atoms with Crippen molar-refractivity contribution in [3.05, 3.63) is 12.7 Å². The van der Waals surface area contributed by atoms with Gasteiger partial charge in [-0.2, -0.15) is 0 Å². The molecule has 24 heavy (non-hydrogen) atoms. The van der Waals surface area contributed by atoms with Crippen molar-refractivity contribution in [1.82, 2.24) is 0 Å². The molecular weight excluding hydrogens is 290 g/mol. The van der Waals surface area contributed by atoms with Crippen molar-refractivity contribution in [2.24, 2.45) is 11.1 Å². The zero-order valence-corrected chi connectivity index (χ0v) is 17.3. The Balaban J connectivity index is 3.22. The van der Waals surface area contributed by atoms with E-state index < -0.39 is 0 Å². The van der Waals surface area contributed by atoms with Crippen molar-refractivity contribution in [3.63, 3.8) is 0 Å². The van der Waals surface area contributed by atoms with Gasteiger partial charge in [-0.1, -0.05) is 123 Å². The Morgan fingerprint density at radius 2 is 1.04 bits per heavy atom. The van der Waals surface area contributed by atoms with Crippen LogP contribution in [0.25, 0.3) is 0 Å². The molecule has 0 aromatic carbocycles. The molecule has 1 unspecified atom stereocenters. The van der Waals surface area contributed by atoms with Crippen LogP contribution in [0.4, 0.5) is 0 Å². The van der Waals surface area contributed by atoms with E-state index in [9.17, 15) is 0 Å². The van der Waals surface area contributed by atoms with Gasteiger partial charge in [0.2, 0.25) is 0 Å². The summed E-state index contributed by atoms with van der Waals surface area (Å²) in [5.74, 6) is 0. The van der Waals surface area contributed by atoms with Crippen LogP contribution in [0.5, 0.6) is 0 Å². The van der Waals surface area contributed by atoms with Gasteiger partial charge in [-0.25, -0.2) is 0 Å². The van der Waals surface area contributed by atoms with Gasteiger partial charge in [0, 0.05) is 6.04 Å². The first-order valence-electron chi connectivity index (χ1n) is 10.9. The molecule has 0 saturated carbocycles. The van der Waals surface area contributed by atoms with Crippen molar-refractivity contribution in [3.8, 4) is 0 Å². The van der Waals surface area contributed by atoms with E-state index >= 15 is 0 Å². The van der Waals surface area contributed by atoms with Gasteiger partial charge in [0.05, 0.1) is 0 Å². The summed E-state index contributed by atoms with van der Waals surface area (Å²) in [6, 6.07) is 0.129. The normalized spacial score (nSPS) is 13.2. The van der Waals surface area contributed by atoms with Crippen LogP contribution in [0.1, 0.15) is 124 Å². The van der Waals surface area contributed by atoms with Gasteiger partial charge in [-0.15, -0.1) is 6.58 Å². The fourth-order valence-corrected chi connectivity index (χ4v) is 3.44. The van der Waals surface area contributed by atoms with E-state index in [2.05, 4.69) is 27.4 Å². The van der Waals surface area contributed by atoms with Crippen LogP contribution in [0.3, 0.4) is 0 Å². The van der Waals surface area contributed by atoms with E-state index in [0.29, 0.717) is 0 Å². The summed E-state index contributed by atoms with van der Waals surface area (Å²) in [4.78, 5) is 0. The minimum atomic E-state index is 0.129. The molecule has 1 atom stereocenters. The Labute approximate surface area is 153 Å². The predicted molar refractivity (Wildman–Crippen MR) is 111 cm³/mol. The fourth-order valence-electron chi connectivity index (χ4n) is 3.44. The molecule has 0 bridgehead atoms. The van der Waals surface area contributed by atoms with Gasteiger partial charge < -0.3 is 5.73 Å². The highest BCUT2D eigenvalue weighted by Crippen LogP contribution is 2.27. The van der Waals surface area contributed by atoms with Crippen molar-refractivity contribution >= 4 is 0 Å². The fraction of sp³-hybridized carbons (Fsp3) is 0.913. The number of unbranched alkanes of at least 4 members (excludes halogenated alkanes) is 14. The Bertz CT molecular complexity index is 269. The Kier molecular flexibility index (Phi) is 16.0. The second-order valence-electron chi connectivity index (χ2n) is 8.45. The van der Waals surface area contributed by atoms with E-state index in [4.69, 9.17) is 5.73 Å². The van der Waals surface area contributed by atoms with Gasteiger partial charge in [0.15, 0.2) is 0 Å². The first-order chi connectivity index (χ1) is 11.5. The summed E-state index contributed by atoms with van der Waals surface area (Å²) in [7, 11) is 0. The smallest absolute Gasteiger partial charge is 0.0273 e. The summed E-state index contributed by atoms with van der Waals surface area (Å²) in [6.07, 6.45) is 24.5. The lowest BCUT2D eigenvalue weighted by atomic mass is 9.80.